The van der Waals surface area contributed by atoms with Crippen molar-refractivity contribution >= 4 is 26.6 Å². The Kier molecular flexibility index (Phi) is 4.45. The van der Waals surface area contributed by atoms with Crippen LogP contribution in [-0.4, -0.2) is 43.9 Å². The van der Waals surface area contributed by atoms with Gasteiger partial charge in [0.2, 0.25) is 15.6 Å². The van der Waals surface area contributed by atoms with Gasteiger partial charge in [0.1, 0.15) is 5.82 Å². The maximum Gasteiger partial charge on any atom is 0.248 e. The highest BCUT2D eigenvalue weighted by atomic mass is 32.2. The van der Waals surface area contributed by atoms with Gasteiger partial charge in [0, 0.05) is 43.4 Å². The van der Waals surface area contributed by atoms with Crippen LogP contribution >= 0.6 is 0 Å². The number of pyridine rings is 1. The number of piperazine rings is 1. The molecule has 0 amide bonds. The highest BCUT2D eigenvalue weighted by molar-refractivity contribution is 7.89. The first-order valence-electron chi connectivity index (χ1n) is 8.57. The molecule has 1 N–H and O–H groups in total. The largest absolute Gasteiger partial charge is 0.369 e. The van der Waals surface area contributed by atoms with Crippen LogP contribution < -0.4 is 10.5 Å². The van der Waals surface area contributed by atoms with Gasteiger partial charge in [-0.3, -0.25) is 4.79 Å². The van der Waals surface area contributed by atoms with Gasteiger partial charge in [-0.1, -0.05) is 0 Å². The van der Waals surface area contributed by atoms with Crippen LogP contribution in [0, 0.1) is 5.82 Å². The fourth-order valence-corrected chi connectivity index (χ4v) is 4.74. The van der Waals surface area contributed by atoms with Gasteiger partial charge >= 0.3 is 0 Å². The van der Waals surface area contributed by atoms with Crippen molar-refractivity contribution in [2.45, 2.75) is 4.90 Å². The van der Waals surface area contributed by atoms with E-state index in [1.807, 2.05) is 4.90 Å². The Balaban J connectivity index is 1.54. The van der Waals surface area contributed by atoms with Crippen molar-refractivity contribution in [3.8, 4) is 0 Å². The second-order valence-corrected chi connectivity index (χ2v) is 8.38. The van der Waals surface area contributed by atoms with Crippen LogP contribution in [0.15, 0.2) is 64.3 Å². The number of nitrogens with zero attached hydrogens (tertiary/aromatic N) is 2. The number of halogens is 1. The second-order valence-electron chi connectivity index (χ2n) is 6.44. The number of sulfonamides is 1. The van der Waals surface area contributed by atoms with Crippen LogP contribution in [0.1, 0.15) is 0 Å². The number of fused-ring (bicyclic) bond motifs is 1. The third-order valence-electron chi connectivity index (χ3n) is 4.76. The Hall–Kier alpha value is -2.71. The minimum absolute atomic E-state index is 0.206. The van der Waals surface area contributed by atoms with E-state index in [0.29, 0.717) is 37.1 Å². The summed E-state index contributed by atoms with van der Waals surface area (Å²) in [5.74, 6) is -0.294. The summed E-state index contributed by atoms with van der Waals surface area (Å²) in [5.41, 5.74) is 1.25. The topological polar surface area (TPSA) is 73.5 Å². The molecule has 1 fully saturated rings. The Morgan fingerprint density at radius 2 is 1.59 bits per heavy atom. The van der Waals surface area contributed by atoms with Crippen LogP contribution in [0.3, 0.4) is 0 Å². The zero-order chi connectivity index (χ0) is 19.0. The molecule has 1 aromatic heterocycles. The van der Waals surface area contributed by atoms with Crippen molar-refractivity contribution in [3.63, 3.8) is 0 Å². The van der Waals surface area contributed by atoms with E-state index in [1.54, 1.807) is 30.3 Å². The van der Waals surface area contributed by atoms with Crippen LogP contribution in [0.5, 0.6) is 0 Å². The molecule has 0 bridgehead atoms. The third kappa shape index (κ3) is 3.45. The first-order chi connectivity index (χ1) is 12.9. The van der Waals surface area contributed by atoms with Crippen LogP contribution in [0.25, 0.3) is 10.9 Å². The molecule has 6 nitrogen and oxygen atoms in total. The number of hydrogen-bond donors (Lipinski definition) is 1. The minimum atomic E-state index is -3.62. The van der Waals surface area contributed by atoms with Gasteiger partial charge in [-0.2, -0.15) is 4.31 Å². The molecule has 0 saturated carbocycles. The summed E-state index contributed by atoms with van der Waals surface area (Å²) in [7, 11) is -3.62. The van der Waals surface area contributed by atoms with Crippen molar-refractivity contribution in [2.75, 3.05) is 31.1 Å². The Bertz CT molecular complexity index is 1130. The molecule has 0 radical (unpaired) electrons. The Morgan fingerprint density at radius 1 is 0.889 bits per heavy atom. The molecule has 1 saturated heterocycles. The van der Waals surface area contributed by atoms with Crippen molar-refractivity contribution in [3.05, 3.63) is 70.8 Å². The van der Waals surface area contributed by atoms with Crippen molar-refractivity contribution in [1.29, 1.82) is 0 Å². The van der Waals surface area contributed by atoms with E-state index in [2.05, 4.69) is 4.98 Å². The van der Waals surface area contributed by atoms with E-state index in [-0.39, 0.29) is 16.3 Å². The molecule has 0 spiro atoms. The fraction of sp³-hybridized carbons (Fsp3) is 0.211. The summed E-state index contributed by atoms with van der Waals surface area (Å²) in [4.78, 5) is 16.3. The summed E-state index contributed by atoms with van der Waals surface area (Å²) < 4.78 is 40.5. The molecule has 2 heterocycles. The number of aromatic nitrogens is 1. The molecule has 0 aliphatic carbocycles. The lowest BCUT2D eigenvalue weighted by molar-refractivity contribution is 0.385. The standard InChI is InChI=1S/C19H18FN3O3S/c20-15-2-4-16(5-3-15)22-9-11-23(12-10-22)27(25,26)17-6-7-18-14(13-17)1-8-19(24)21-18/h1-8,13H,9-12H2,(H,21,24). The van der Waals surface area contributed by atoms with Gasteiger partial charge < -0.3 is 9.88 Å². The highest BCUT2D eigenvalue weighted by Crippen LogP contribution is 2.23. The normalized spacial score (nSPS) is 16.0. The number of nitrogens with one attached hydrogen (secondary N) is 1. The van der Waals surface area contributed by atoms with E-state index in [4.69, 9.17) is 0 Å². The smallest absolute Gasteiger partial charge is 0.248 e. The van der Waals surface area contributed by atoms with E-state index >= 15 is 0 Å². The summed E-state index contributed by atoms with van der Waals surface area (Å²) >= 11 is 0. The van der Waals surface area contributed by atoms with E-state index in [9.17, 15) is 17.6 Å². The van der Waals surface area contributed by atoms with E-state index in [0.717, 1.165) is 5.69 Å². The lowest BCUT2D eigenvalue weighted by Gasteiger charge is -2.35. The minimum Gasteiger partial charge on any atom is -0.369 e. The number of rotatable bonds is 3. The fourth-order valence-electron chi connectivity index (χ4n) is 3.28. The van der Waals surface area contributed by atoms with Crippen molar-refractivity contribution in [1.82, 2.24) is 9.29 Å². The van der Waals surface area contributed by atoms with Crippen LogP contribution in [0.4, 0.5) is 10.1 Å². The van der Waals surface area contributed by atoms with E-state index in [1.165, 1.54) is 28.6 Å². The Morgan fingerprint density at radius 3 is 2.30 bits per heavy atom. The molecule has 2 aromatic carbocycles. The molecule has 4 rings (SSSR count). The van der Waals surface area contributed by atoms with Gasteiger partial charge in [-0.15, -0.1) is 0 Å². The summed E-state index contributed by atoms with van der Waals surface area (Å²) in [5, 5.41) is 0.667. The maximum absolute atomic E-state index is 13.1. The molecule has 1 aliphatic rings. The predicted molar refractivity (Wildman–Crippen MR) is 102 cm³/mol. The monoisotopic (exact) mass is 387 g/mol. The van der Waals surface area contributed by atoms with Gasteiger partial charge in [-0.25, -0.2) is 12.8 Å². The van der Waals surface area contributed by atoms with Crippen molar-refractivity contribution < 1.29 is 12.8 Å². The first-order valence-corrected chi connectivity index (χ1v) is 10.0. The summed E-state index contributed by atoms with van der Waals surface area (Å²) in [6, 6.07) is 13.9. The number of aromatic amines is 1. The zero-order valence-electron chi connectivity index (χ0n) is 14.4. The third-order valence-corrected chi connectivity index (χ3v) is 6.66. The number of hydrogen-bond acceptors (Lipinski definition) is 4. The second kappa shape index (κ2) is 6.79. The number of anilines is 1. The molecule has 140 valence electrons. The van der Waals surface area contributed by atoms with Crippen molar-refractivity contribution in [2.24, 2.45) is 0 Å². The molecule has 3 aromatic rings. The van der Waals surface area contributed by atoms with Crippen LogP contribution in [0.2, 0.25) is 0 Å². The van der Waals surface area contributed by atoms with Gasteiger partial charge in [0.25, 0.3) is 0 Å². The quantitative estimate of drug-likeness (QED) is 0.748. The van der Waals surface area contributed by atoms with E-state index < -0.39 is 10.0 Å². The molecule has 1 aliphatic heterocycles. The lowest BCUT2D eigenvalue weighted by Crippen LogP contribution is -2.48. The van der Waals surface area contributed by atoms with Gasteiger partial charge in [-0.05, 0) is 53.9 Å². The summed E-state index contributed by atoms with van der Waals surface area (Å²) in [6.45, 7) is 1.77. The maximum atomic E-state index is 13.1. The van der Waals surface area contributed by atoms with Gasteiger partial charge in [0.15, 0.2) is 0 Å². The molecule has 0 atom stereocenters. The lowest BCUT2D eigenvalue weighted by atomic mass is 10.2. The average Bonchev–Trinajstić information content (AvgIpc) is 2.68. The first kappa shape index (κ1) is 17.7. The zero-order valence-corrected chi connectivity index (χ0v) is 15.2. The Labute approximate surface area is 155 Å². The molecular weight excluding hydrogens is 369 g/mol. The molecule has 0 unspecified atom stereocenters. The number of H-pyrrole nitrogens is 1. The molecule has 8 heteroatoms. The summed E-state index contributed by atoms with van der Waals surface area (Å²) in [6.07, 6.45) is 0. The molecular formula is C19H18FN3O3S. The SMILES string of the molecule is O=c1ccc2cc(S(=O)(=O)N3CCN(c4ccc(F)cc4)CC3)ccc2[nH]1. The van der Waals surface area contributed by atoms with Crippen LogP contribution in [-0.2, 0) is 10.0 Å². The number of benzene rings is 2. The van der Waals surface area contributed by atoms with Gasteiger partial charge in [0.05, 0.1) is 4.90 Å². The predicted octanol–water partition coefficient (Wildman–Crippen LogP) is 2.18. The highest BCUT2D eigenvalue weighted by Gasteiger charge is 2.28. The molecule has 27 heavy (non-hydrogen) atoms. The average molecular weight is 387 g/mol.